The molecule has 0 spiro atoms. The Morgan fingerprint density at radius 1 is 1.39 bits per heavy atom. The van der Waals surface area contributed by atoms with Crippen LogP contribution in [0.4, 0.5) is 5.69 Å². The number of carbonyl (C=O) groups excluding carboxylic acids is 1. The summed E-state index contributed by atoms with van der Waals surface area (Å²) >= 11 is 6.07. The van der Waals surface area contributed by atoms with Crippen LogP contribution in [0, 0.1) is 0 Å². The smallest absolute Gasteiger partial charge is 0.256 e. The lowest BCUT2D eigenvalue weighted by Gasteiger charge is -2.32. The fourth-order valence-corrected chi connectivity index (χ4v) is 3.12. The molecule has 0 unspecified atom stereocenters. The molecule has 2 heterocycles. The Hall–Kier alpha value is -2.08. The fourth-order valence-electron chi connectivity index (χ4n) is 2.95. The highest BCUT2D eigenvalue weighted by atomic mass is 35.5. The van der Waals surface area contributed by atoms with Crippen LogP contribution in [0.15, 0.2) is 30.9 Å². The summed E-state index contributed by atoms with van der Waals surface area (Å²) in [4.78, 5) is 18.7. The van der Waals surface area contributed by atoms with Crippen LogP contribution in [0.5, 0.6) is 0 Å². The SMILES string of the molecule is CCNc1ccc(Cl)cc1C(=O)N1CCC(n2cncn2)CC1. The number of aromatic nitrogens is 3. The second-order valence-electron chi connectivity index (χ2n) is 5.62. The number of amides is 1. The molecule has 1 N–H and O–H groups in total. The van der Waals surface area contributed by atoms with Crippen molar-refractivity contribution in [2.24, 2.45) is 0 Å². The van der Waals surface area contributed by atoms with Crippen molar-refractivity contribution in [2.75, 3.05) is 25.0 Å². The number of hydrogen-bond acceptors (Lipinski definition) is 4. The Bertz CT molecular complexity index is 665. The Kier molecular flexibility index (Phi) is 4.81. The first kappa shape index (κ1) is 15.8. The number of nitrogens with one attached hydrogen (secondary N) is 1. The molecule has 0 saturated carbocycles. The van der Waals surface area contributed by atoms with E-state index >= 15 is 0 Å². The molecule has 3 rings (SSSR count). The Morgan fingerprint density at radius 2 is 2.17 bits per heavy atom. The van der Waals surface area contributed by atoms with E-state index in [1.165, 1.54) is 0 Å². The van der Waals surface area contributed by atoms with Crippen molar-refractivity contribution < 1.29 is 4.79 Å². The average molecular weight is 334 g/mol. The van der Waals surface area contributed by atoms with E-state index in [4.69, 9.17) is 11.6 Å². The van der Waals surface area contributed by atoms with Crippen LogP contribution in [0.2, 0.25) is 5.02 Å². The minimum atomic E-state index is 0.0282. The Morgan fingerprint density at radius 3 is 2.83 bits per heavy atom. The molecule has 2 aromatic rings. The molecule has 7 heteroatoms. The number of rotatable bonds is 4. The summed E-state index contributed by atoms with van der Waals surface area (Å²) in [5, 5.41) is 8.00. The van der Waals surface area contributed by atoms with E-state index in [1.807, 2.05) is 22.6 Å². The molecule has 1 aliphatic heterocycles. The van der Waals surface area contributed by atoms with Gasteiger partial charge in [-0.25, -0.2) is 9.67 Å². The zero-order valence-electron chi connectivity index (χ0n) is 13.1. The van der Waals surface area contributed by atoms with E-state index < -0.39 is 0 Å². The fraction of sp³-hybridized carbons (Fsp3) is 0.438. The third kappa shape index (κ3) is 3.47. The van der Waals surface area contributed by atoms with Gasteiger partial charge in [0.05, 0.1) is 11.6 Å². The van der Waals surface area contributed by atoms with Gasteiger partial charge in [-0.1, -0.05) is 11.6 Å². The number of hydrogen-bond donors (Lipinski definition) is 1. The number of likely N-dealkylation sites (tertiary alicyclic amines) is 1. The van der Waals surface area contributed by atoms with Crippen LogP contribution >= 0.6 is 11.6 Å². The van der Waals surface area contributed by atoms with Gasteiger partial charge in [0.1, 0.15) is 12.7 Å². The van der Waals surface area contributed by atoms with Crippen molar-refractivity contribution in [3.8, 4) is 0 Å². The maximum absolute atomic E-state index is 12.8. The zero-order valence-corrected chi connectivity index (χ0v) is 13.8. The zero-order chi connectivity index (χ0) is 16.2. The number of carbonyl (C=O) groups is 1. The van der Waals surface area contributed by atoms with E-state index in [0.717, 1.165) is 25.1 Å². The van der Waals surface area contributed by atoms with E-state index in [1.54, 1.807) is 24.8 Å². The molecule has 1 aromatic heterocycles. The van der Waals surface area contributed by atoms with Gasteiger partial charge >= 0.3 is 0 Å². The highest BCUT2D eigenvalue weighted by Gasteiger charge is 2.26. The van der Waals surface area contributed by atoms with Crippen molar-refractivity contribution in [3.63, 3.8) is 0 Å². The van der Waals surface area contributed by atoms with E-state index in [9.17, 15) is 4.79 Å². The maximum atomic E-state index is 12.8. The van der Waals surface area contributed by atoms with Crippen LogP contribution < -0.4 is 5.32 Å². The normalized spacial score (nSPS) is 15.7. The average Bonchev–Trinajstić information content (AvgIpc) is 3.11. The lowest BCUT2D eigenvalue weighted by molar-refractivity contribution is 0.0691. The third-order valence-corrected chi connectivity index (χ3v) is 4.38. The van der Waals surface area contributed by atoms with Crippen molar-refractivity contribution >= 4 is 23.2 Å². The molecule has 1 aromatic carbocycles. The second-order valence-corrected chi connectivity index (χ2v) is 6.06. The maximum Gasteiger partial charge on any atom is 0.256 e. The molecular formula is C16H20ClN5O. The van der Waals surface area contributed by atoms with Gasteiger partial charge in [-0.2, -0.15) is 5.10 Å². The first-order valence-electron chi connectivity index (χ1n) is 7.86. The van der Waals surface area contributed by atoms with Crippen LogP contribution in [0.25, 0.3) is 0 Å². The molecule has 0 radical (unpaired) electrons. The second kappa shape index (κ2) is 7.00. The van der Waals surface area contributed by atoms with Crippen molar-refractivity contribution in [2.45, 2.75) is 25.8 Å². The highest BCUT2D eigenvalue weighted by molar-refractivity contribution is 6.31. The minimum Gasteiger partial charge on any atom is -0.385 e. The molecule has 1 fully saturated rings. The molecule has 0 atom stereocenters. The van der Waals surface area contributed by atoms with Crippen LogP contribution in [0.3, 0.4) is 0 Å². The predicted molar refractivity (Wildman–Crippen MR) is 89.8 cm³/mol. The molecule has 6 nitrogen and oxygen atoms in total. The standard InChI is InChI=1S/C16H20ClN5O/c1-2-19-15-4-3-12(17)9-14(15)16(23)21-7-5-13(6-8-21)22-11-18-10-20-22/h3-4,9-11,13,19H,2,5-8H2,1H3. The molecule has 0 aliphatic carbocycles. The Labute approximate surface area is 140 Å². The molecule has 1 aliphatic rings. The summed E-state index contributed by atoms with van der Waals surface area (Å²) in [6, 6.07) is 5.72. The van der Waals surface area contributed by atoms with Gasteiger partial charge in [0, 0.05) is 30.3 Å². The highest BCUT2D eigenvalue weighted by Crippen LogP contribution is 2.26. The molecule has 0 bridgehead atoms. The summed E-state index contributed by atoms with van der Waals surface area (Å²) < 4.78 is 1.88. The topological polar surface area (TPSA) is 63.1 Å². The molecule has 23 heavy (non-hydrogen) atoms. The quantitative estimate of drug-likeness (QED) is 0.934. The predicted octanol–water partition coefficient (Wildman–Crippen LogP) is 2.84. The van der Waals surface area contributed by atoms with E-state index in [-0.39, 0.29) is 5.91 Å². The summed E-state index contributed by atoms with van der Waals surface area (Å²) in [6.07, 6.45) is 5.05. The Balaban J connectivity index is 1.71. The summed E-state index contributed by atoms with van der Waals surface area (Å²) in [5.74, 6) is 0.0282. The molecule has 1 amide bonds. The van der Waals surface area contributed by atoms with Gasteiger partial charge < -0.3 is 10.2 Å². The van der Waals surface area contributed by atoms with Gasteiger partial charge in [-0.3, -0.25) is 4.79 Å². The number of nitrogens with zero attached hydrogens (tertiary/aromatic N) is 4. The summed E-state index contributed by atoms with van der Waals surface area (Å²) in [7, 11) is 0. The van der Waals surface area contributed by atoms with Crippen molar-refractivity contribution in [3.05, 3.63) is 41.4 Å². The van der Waals surface area contributed by atoms with Gasteiger partial charge in [-0.15, -0.1) is 0 Å². The van der Waals surface area contributed by atoms with Crippen molar-refractivity contribution in [1.29, 1.82) is 0 Å². The lowest BCUT2D eigenvalue weighted by atomic mass is 10.0. The minimum absolute atomic E-state index is 0.0282. The lowest BCUT2D eigenvalue weighted by Crippen LogP contribution is -2.39. The number of benzene rings is 1. The van der Waals surface area contributed by atoms with Gasteiger partial charge in [0.15, 0.2) is 0 Å². The third-order valence-electron chi connectivity index (χ3n) is 4.14. The molecule has 122 valence electrons. The summed E-state index contributed by atoms with van der Waals surface area (Å²) in [5.41, 5.74) is 1.47. The van der Waals surface area contributed by atoms with Gasteiger partial charge in [0.2, 0.25) is 0 Å². The van der Waals surface area contributed by atoms with E-state index in [2.05, 4.69) is 15.4 Å². The number of anilines is 1. The van der Waals surface area contributed by atoms with Crippen LogP contribution in [0.1, 0.15) is 36.2 Å². The largest absolute Gasteiger partial charge is 0.385 e. The van der Waals surface area contributed by atoms with Gasteiger partial charge in [-0.05, 0) is 38.0 Å². The van der Waals surface area contributed by atoms with Crippen molar-refractivity contribution in [1.82, 2.24) is 19.7 Å². The van der Waals surface area contributed by atoms with Gasteiger partial charge in [0.25, 0.3) is 5.91 Å². The van der Waals surface area contributed by atoms with E-state index in [0.29, 0.717) is 29.7 Å². The first-order chi connectivity index (χ1) is 11.2. The van der Waals surface area contributed by atoms with Crippen LogP contribution in [-0.2, 0) is 0 Å². The molecular weight excluding hydrogens is 314 g/mol. The molecule has 1 saturated heterocycles. The summed E-state index contributed by atoms with van der Waals surface area (Å²) in [6.45, 7) is 4.19. The number of halogens is 1. The van der Waals surface area contributed by atoms with Crippen LogP contribution in [-0.4, -0.2) is 45.2 Å². The first-order valence-corrected chi connectivity index (χ1v) is 8.23. The number of piperidine rings is 1. The monoisotopic (exact) mass is 333 g/mol.